The van der Waals surface area contributed by atoms with Crippen LogP contribution in [0.3, 0.4) is 0 Å². The number of hydrogen-bond donors (Lipinski definition) is 1. The fraction of sp³-hybridized carbons (Fsp3) is 0.381. The molecule has 0 fully saturated rings. The second-order valence-corrected chi connectivity index (χ2v) is 6.31. The summed E-state index contributed by atoms with van der Waals surface area (Å²) in [6.45, 7) is 8.46. The van der Waals surface area contributed by atoms with Gasteiger partial charge in [0.1, 0.15) is 0 Å². The van der Waals surface area contributed by atoms with Crippen molar-refractivity contribution in [1.82, 2.24) is 5.32 Å². The summed E-state index contributed by atoms with van der Waals surface area (Å²) in [7, 11) is 1.67. The first-order valence-corrected chi connectivity index (χ1v) is 8.77. The molecule has 2 aromatic carbocycles. The maximum absolute atomic E-state index is 12.4. The Balaban J connectivity index is 2.02. The van der Waals surface area contributed by atoms with E-state index in [9.17, 15) is 4.79 Å². The van der Waals surface area contributed by atoms with E-state index in [2.05, 4.69) is 31.0 Å². The molecule has 4 nitrogen and oxygen atoms in total. The molecular formula is C21H28N2O2. The minimum atomic E-state index is -0.0636. The molecule has 0 saturated carbocycles. The summed E-state index contributed by atoms with van der Waals surface area (Å²) < 4.78 is 5.21. The number of carbonyl (C=O) groups is 1. The number of methoxy groups -OCH3 is 1. The lowest BCUT2D eigenvalue weighted by Gasteiger charge is -2.27. The van der Waals surface area contributed by atoms with Crippen molar-refractivity contribution in [2.45, 2.75) is 40.0 Å². The van der Waals surface area contributed by atoms with Gasteiger partial charge < -0.3 is 15.0 Å². The van der Waals surface area contributed by atoms with Crippen LogP contribution in [0.4, 0.5) is 5.69 Å². The van der Waals surface area contributed by atoms with Crippen molar-refractivity contribution in [3.63, 3.8) is 0 Å². The van der Waals surface area contributed by atoms with Gasteiger partial charge in [-0.1, -0.05) is 24.3 Å². The van der Waals surface area contributed by atoms with Crippen molar-refractivity contribution >= 4 is 11.6 Å². The first-order valence-electron chi connectivity index (χ1n) is 8.77. The number of carbonyl (C=O) groups excluding carboxylic acids is 1. The lowest BCUT2D eigenvalue weighted by Crippen LogP contribution is -2.30. The van der Waals surface area contributed by atoms with Crippen molar-refractivity contribution in [2.24, 2.45) is 0 Å². The van der Waals surface area contributed by atoms with Gasteiger partial charge in [0.25, 0.3) is 5.91 Å². The molecule has 0 aliphatic heterocycles. The van der Waals surface area contributed by atoms with Crippen LogP contribution in [0, 0.1) is 0 Å². The standard InChI is InChI=1S/C21H28N2O2/c1-5-23(16(2)3)20-12-10-17(11-13-20)21(24)22-14-18-8-6-7-9-19(18)15-25-4/h6-13,16H,5,14-15H2,1-4H3,(H,22,24). The molecular weight excluding hydrogens is 312 g/mol. The number of hydrogen-bond acceptors (Lipinski definition) is 3. The van der Waals surface area contributed by atoms with E-state index in [-0.39, 0.29) is 5.91 Å². The van der Waals surface area contributed by atoms with Crippen molar-refractivity contribution in [2.75, 3.05) is 18.6 Å². The van der Waals surface area contributed by atoms with Crippen molar-refractivity contribution in [3.8, 4) is 0 Å². The highest BCUT2D eigenvalue weighted by Gasteiger charge is 2.11. The summed E-state index contributed by atoms with van der Waals surface area (Å²) in [5, 5.41) is 2.99. The third kappa shape index (κ3) is 5.07. The Morgan fingerprint density at radius 3 is 2.28 bits per heavy atom. The number of anilines is 1. The summed E-state index contributed by atoms with van der Waals surface area (Å²) >= 11 is 0. The average Bonchev–Trinajstić information content (AvgIpc) is 2.62. The molecule has 1 amide bonds. The molecule has 0 aliphatic rings. The minimum absolute atomic E-state index is 0.0636. The highest BCUT2D eigenvalue weighted by Crippen LogP contribution is 2.18. The number of rotatable bonds is 8. The summed E-state index contributed by atoms with van der Waals surface area (Å²) in [5.41, 5.74) is 3.98. The molecule has 0 bridgehead atoms. The number of amides is 1. The second-order valence-electron chi connectivity index (χ2n) is 6.31. The predicted octanol–water partition coefficient (Wildman–Crippen LogP) is 4.00. The number of nitrogens with one attached hydrogen (secondary N) is 1. The Bertz CT molecular complexity index is 681. The molecule has 134 valence electrons. The molecule has 0 spiro atoms. The Morgan fingerprint density at radius 1 is 1.08 bits per heavy atom. The first kappa shape index (κ1) is 19.0. The zero-order valence-corrected chi connectivity index (χ0v) is 15.6. The molecule has 0 heterocycles. The van der Waals surface area contributed by atoms with E-state index in [0.717, 1.165) is 23.4 Å². The summed E-state index contributed by atoms with van der Waals surface area (Å²) in [6.07, 6.45) is 0. The predicted molar refractivity (Wildman–Crippen MR) is 103 cm³/mol. The summed E-state index contributed by atoms with van der Waals surface area (Å²) in [6, 6.07) is 16.2. The third-order valence-electron chi connectivity index (χ3n) is 4.28. The molecule has 0 aromatic heterocycles. The van der Waals surface area contributed by atoms with Gasteiger partial charge in [0.15, 0.2) is 0 Å². The van der Waals surface area contributed by atoms with Crippen LogP contribution < -0.4 is 10.2 Å². The molecule has 25 heavy (non-hydrogen) atoms. The van der Waals surface area contributed by atoms with Gasteiger partial charge in [-0.25, -0.2) is 0 Å². The highest BCUT2D eigenvalue weighted by atomic mass is 16.5. The van der Waals surface area contributed by atoms with Crippen LogP contribution in [-0.4, -0.2) is 25.6 Å². The van der Waals surface area contributed by atoms with Gasteiger partial charge in [0.2, 0.25) is 0 Å². The molecule has 2 aromatic rings. The molecule has 2 rings (SSSR count). The fourth-order valence-corrected chi connectivity index (χ4v) is 2.95. The zero-order chi connectivity index (χ0) is 18.2. The van der Waals surface area contributed by atoms with Gasteiger partial charge >= 0.3 is 0 Å². The lowest BCUT2D eigenvalue weighted by atomic mass is 10.1. The molecule has 1 N–H and O–H groups in total. The van der Waals surface area contributed by atoms with E-state index in [1.54, 1.807) is 7.11 Å². The highest BCUT2D eigenvalue weighted by molar-refractivity contribution is 5.94. The summed E-state index contributed by atoms with van der Waals surface area (Å²) in [4.78, 5) is 14.7. The van der Waals surface area contributed by atoms with Gasteiger partial charge in [-0.15, -0.1) is 0 Å². The minimum Gasteiger partial charge on any atom is -0.380 e. The number of benzene rings is 2. The van der Waals surface area contributed by atoms with E-state index < -0.39 is 0 Å². The van der Waals surface area contributed by atoms with Gasteiger partial charge in [-0.3, -0.25) is 4.79 Å². The van der Waals surface area contributed by atoms with E-state index in [0.29, 0.717) is 24.8 Å². The molecule has 4 heteroatoms. The third-order valence-corrected chi connectivity index (χ3v) is 4.28. The molecule has 0 saturated heterocycles. The van der Waals surface area contributed by atoms with Crippen LogP contribution in [0.15, 0.2) is 48.5 Å². The van der Waals surface area contributed by atoms with Gasteiger partial charge in [-0.05, 0) is 56.2 Å². The average molecular weight is 340 g/mol. The molecule has 0 radical (unpaired) electrons. The largest absolute Gasteiger partial charge is 0.380 e. The van der Waals surface area contributed by atoms with Crippen LogP contribution in [0.25, 0.3) is 0 Å². The van der Waals surface area contributed by atoms with Crippen LogP contribution in [0.2, 0.25) is 0 Å². The second kappa shape index (κ2) is 9.23. The lowest BCUT2D eigenvalue weighted by molar-refractivity contribution is 0.0950. The van der Waals surface area contributed by atoms with Gasteiger partial charge in [-0.2, -0.15) is 0 Å². The molecule has 0 unspecified atom stereocenters. The number of nitrogens with zero attached hydrogens (tertiary/aromatic N) is 1. The van der Waals surface area contributed by atoms with Gasteiger partial charge in [0.05, 0.1) is 6.61 Å². The topological polar surface area (TPSA) is 41.6 Å². The molecule has 0 aliphatic carbocycles. The Morgan fingerprint density at radius 2 is 1.72 bits per heavy atom. The van der Waals surface area contributed by atoms with Crippen molar-refractivity contribution in [1.29, 1.82) is 0 Å². The van der Waals surface area contributed by atoms with E-state index >= 15 is 0 Å². The van der Waals surface area contributed by atoms with E-state index in [1.165, 1.54) is 0 Å². The zero-order valence-electron chi connectivity index (χ0n) is 15.6. The maximum atomic E-state index is 12.4. The van der Waals surface area contributed by atoms with Crippen LogP contribution in [0.5, 0.6) is 0 Å². The smallest absolute Gasteiger partial charge is 0.251 e. The van der Waals surface area contributed by atoms with Crippen LogP contribution in [-0.2, 0) is 17.9 Å². The Hall–Kier alpha value is -2.33. The SMILES string of the molecule is CCN(c1ccc(C(=O)NCc2ccccc2COC)cc1)C(C)C. The van der Waals surface area contributed by atoms with Crippen molar-refractivity contribution < 1.29 is 9.53 Å². The quantitative estimate of drug-likeness (QED) is 0.790. The maximum Gasteiger partial charge on any atom is 0.251 e. The fourth-order valence-electron chi connectivity index (χ4n) is 2.95. The normalized spacial score (nSPS) is 10.8. The molecule has 0 atom stereocenters. The Labute approximate surface area is 150 Å². The first-order chi connectivity index (χ1) is 12.1. The van der Waals surface area contributed by atoms with E-state index in [1.807, 2.05) is 48.5 Å². The summed E-state index contributed by atoms with van der Waals surface area (Å²) in [5.74, 6) is -0.0636. The van der Waals surface area contributed by atoms with Crippen LogP contribution >= 0.6 is 0 Å². The number of ether oxygens (including phenoxy) is 1. The Kier molecular flexibility index (Phi) is 7.02. The van der Waals surface area contributed by atoms with Crippen molar-refractivity contribution in [3.05, 3.63) is 65.2 Å². The van der Waals surface area contributed by atoms with E-state index in [4.69, 9.17) is 4.74 Å². The monoisotopic (exact) mass is 340 g/mol. The van der Waals surface area contributed by atoms with Crippen LogP contribution in [0.1, 0.15) is 42.3 Å². The van der Waals surface area contributed by atoms with Gasteiger partial charge in [0, 0.05) is 37.5 Å².